The van der Waals surface area contributed by atoms with Crippen molar-refractivity contribution in [1.82, 2.24) is 4.98 Å². The van der Waals surface area contributed by atoms with Gasteiger partial charge in [0.1, 0.15) is 11.4 Å². The zero-order chi connectivity index (χ0) is 19.4. The topological polar surface area (TPSA) is 71.1 Å². The van der Waals surface area contributed by atoms with E-state index in [2.05, 4.69) is 15.6 Å². The van der Waals surface area contributed by atoms with Crippen LogP contribution in [0.1, 0.15) is 37.7 Å². The zero-order valence-corrected chi connectivity index (χ0v) is 15.5. The van der Waals surface area contributed by atoms with Crippen molar-refractivity contribution in [3.8, 4) is 0 Å². The van der Waals surface area contributed by atoms with E-state index in [0.29, 0.717) is 5.69 Å². The van der Waals surface area contributed by atoms with Crippen LogP contribution in [-0.4, -0.2) is 16.8 Å². The van der Waals surface area contributed by atoms with Gasteiger partial charge in [0.05, 0.1) is 0 Å². The summed E-state index contributed by atoms with van der Waals surface area (Å²) in [5.74, 6) is -0.712. The molecule has 5 nitrogen and oxygen atoms in total. The van der Waals surface area contributed by atoms with Gasteiger partial charge >= 0.3 is 0 Å². The van der Waals surface area contributed by atoms with Gasteiger partial charge in [-0.3, -0.25) is 9.59 Å². The van der Waals surface area contributed by atoms with Gasteiger partial charge in [-0.15, -0.1) is 0 Å². The minimum absolute atomic E-state index is 0.185. The standard InChI is InChI=1S/C22H21N3O2/c1-14-7-4-9-17(13-14)23-21(26)19-11-6-12-20(24-19)22(27)25-18-10-5-8-15(2)16(18)3/h4-13H,1-3H3,(H,23,26)(H,25,27). The van der Waals surface area contributed by atoms with E-state index in [1.54, 1.807) is 18.2 Å². The number of aryl methyl sites for hydroxylation is 2. The molecule has 1 heterocycles. The van der Waals surface area contributed by atoms with Crippen LogP contribution in [0.4, 0.5) is 11.4 Å². The van der Waals surface area contributed by atoms with Crippen LogP contribution in [0.3, 0.4) is 0 Å². The number of carbonyl (C=O) groups is 2. The summed E-state index contributed by atoms with van der Waals surface area (Å²) < 4.78 is 0. The van der Waals surface area contributed by atoms with Crippen molar-refractivity contribution in [2.24, 2.45) is 0 Å². The molecule has 0 saturated carbocycles. The van der Waals surface area contributed by atoms with Gasteiger partial charge in [-0.1, -0.05) is 30.3 Å². The number of pyridine rings is 1. The fraction of sp³-hybridized carbons (Fsp3) is 0.136. The second-order valence-electron chi connectivity index (χ2n) is 6.43. The minimum atomic E-state index is -0.359. The minimum Gasteiger partial charge on any atom is -0.321 e. The number of anilines is 2. The number of nitrogens with zero attached hydrogens (tertiary/aromatic N) is 1. The fourth-order valence-electron chi connectivity index (χ4n) is 2.68. The lowest BCUT2D eigenvalue weighted by molar-refractivity contribution is 0.101. The largest absolute Gasteiger partial charge is 0.321 e. The van der Waals surface area contributed by atoms with E-state index < -0.39 is 0 Å². The second kappa shape index (κ2) is 7.83. The normalized spacial score (nSPS) is 10.3. The molecule has 27 heavy (non-hydrogen) atoms. The first-order valence-corrected chi connectivity index (χ1v) is 8.66. The lowest BCUT2D eigenvalue weighted by Gasteiger charge is -2.11. The Morgan fingerprint density at radius 3 is 2.11 bits per heavy atom. The molecule has 2 aromatic carbocycles. The molecule has 0 bridgehead atoms. The van der Waals surface area contributed by atoms with Crippen LogP contribution in [0.15, 0.2) is 60.7 Å². The lowest BCUT2D eigenvalue weighted by atomic mass is 10.1. The second-order valence-corrected chi connectivity index (χ2v) is 6.43. The molecule has 2 amide bonds. The Bertz CT molecular complexity index is 1010. The van der Waals surface area contributed by atoms with Gasteiger partial charge in [0, 0.05) is 11.4 Å². The van der Waals surface area contributed by atoms with Gasteiger partial charge in [-0.2, -0.15) is 0 Å². The first-order chi connectivity index (χ1) is 12.9. The first-order valence-electron chi connectivity index (χ1n) is 8.66. The average molecular weight is 359 g/mol. The Hall–Kier alpha value is -3.47. The molecule has 1 aromatic heterocycles. The summed E-state index contributed by atoms with van der Waals surface area (Å²) in [6, 6.07) is 18.0. The highest BCUT2D eigenvalue weighted by Gasteiger charge is 2.14. The lowest BCUT2D eigenvalue weighted by Crippen LogP contribution is -2.19. The predicted octanol–water partition coefficient (Wildman–Crippen LogP) is 4.51. The smallest absolute Gasteiger partial charge is 0.274 e. The maximum atomic E-state index is 12.6. The molecule has 0 unspecified atom stereocenters. The van der Waals surface area contributed by atoms with E-state index in [1.165, 1.54) is 0 Å². The summed E-state index contributed by atoms with van der Waals surface area (Å²) in [5, 5.41) is 5.66. The Morgan fingerprint density at radius 1 is 0.778 bits per heavy atom. The zero-order valence-electron chi connectivity index (χ0n) is 15.5. The Balaban J connectivity index is 1.77. The number of amides is 2. The van der Waals surface area contributed by atoms with E-state index in [0.717, 1.165) is 22.4 Å². The molecule has 3 rings (SSSR count). The third-order valence-corrected chi connectivity index (χ3v) is 4.34. The number of hydrogen-bond donors (Lipinski definition) is 2. The molecule has 2 N–H and O–H groups in total. The van der Waals surface area contributed by atoms with Crippen molar-refractivity contribution in [2.45, 2.75) is 20.8 Å². The summed E-state index contributed by atoms with van der Waals surface area (Å²) in [5.41, 5.74) is 4.93. The highest BCUT2D eigenvalue weighted by Crippen LogP contribution is 2.19. The summed E-state index contributed by atoms with van der Waals surface area (Å²) in [7, 11) is 0. The van der Waals surface area contributed by atoms with E-state index >= 15 is 0 Å². The summed E-state index contributed by atoms with van der Waals surface area (Å²) in [6.45, 7) is 5.88. The number of hydrogen-bond acceptors (Lipinski definition) is 3. The van der Waals surface area contributed by atoms with Crippen LogP contribution in [0, 0.1) is 20.8 Å². The third kappa shape index (κ3) is 4.39. The average Bonchev–Trinajstić information content (AvgIpc) is 2.65. The molecule has 5 heteroatoms. The van der Waals surface area contributed by atoms with Gasteiger partial charge in [0.2, 0.25) is 0 Å². The Labute approximate surface area is 158 Å². The highest BCUT2D eigenvalue weighted by molar-refractivity contribution is 6.06. The third-order valence-electron chi connectivity index (χ3n) is 4.34. The van der Waals surface area contributed by atoms with Gasteiger partial charge in [0.15, 0.2) is 0 Å². The van der Waals surface area contributed by atoms with Crippen molar-refractivity contribution in [2.75, 3.05) is 10.6 Å². The maximum Gasteiger partial charge on any atom is 0.274 e. The monoisotopic (exact) mass is 359 g/mol. The van der Waals surface area contributed by atoms with Crippen LogP contribution in [0.2, 0.25) is 0 Å². The molecule has 0 fully saturated rings. The van der Waals surface area contributed by atoms with Crippen LogP contribution in [0.5, 0.6) is 0 Å². The number of rotatable bonds is 4. The Morgan fingerprint density at radius 2 is 1.41 bits per heavy atom. The predicted molar refractivity (Wildman–Crippen MR) is 107 cm³/mol. The summed E-state index contributed by atoms with van der Waals surface area (Å²) in [4.78, 5) is 29.2. The highest BCUT2D eigenvalue weighted by atomic mass is 16.2. The molecule has 0 aliphatic carbocycles. The van der Waals surface area contributed by atoms with Crippen molar-refractivity contribution in [1.29, 1.82) is 0 Å². The van der Waals surface area contributed by atoms with Crippen LogP contribution < -0.4 is 10.6 Å². The van der Waals surface area contributed by atoms with Crippen LogP contribution >= 0.6 is 0 Å². The van der Waals surface area contributed by atoms with E-state index in [4.69, 9.17) is 0 Å². The molecule has 0 aliphatic heterocycles. The summed E-state index contributed by atoms with van der Waals surface area (Å²) >= 11 is 0. The van der Waals surface area contributed by atoms with Crippen LogP contribution in [0.25, 0.3) is 0 Å². The molecular formula is C22H21N3O2. The molecule has 0 radical (unpaired) electrons. The van der Waals surface area contributed by atoms with Gasteiger partial charge in [-0.05, 0) is 67.8 Å². The summed E-state index contributed by atoms with van der Waals surface area (Å²) in [6.07, 6.45) is 0. The van der Waals surface area contributed by atoms with Crippen molar-refractivity contribution < 1.29 is 9.59 Å². The van der Waals surface area contributed by atoms with Crippen molar-refractivity contribution in [3.63, 3.8) is 0 Å². The number of aromatic nitrogens is 1. The molecule has 0 aliphatic rings. The molecule has 136 valence electrons. The molecule has 3 aromatic rings. The quantitative estimate of drug-likeness (QED) is 0.720. The molecule has 0 atom stereocenters. The van der Waals surface area contributed by atoms with Crippen molar-refractivity contribution >= 4 is 23.2 Å². The van der Waals surface area contributed by atoms with E-state index in [-0.39, 0.29) is 23.2 Å². The molecule has 0 saturated heterocycles. The molecule has 0 spiro atoms. The fourth-order valence-corrected chi connectivity index (χ4v) is 2.68. The van der Waals surface area contributed by atoms with Crippen LogP contribution in [-0.2, 0) is 0 Å². The first kappa shape index (κ1) is 18.3. The van der Waals surface area contributed by atoms with Gasteiger partial charge < -0.3 is 10.6 Å². The van der Waals surface area contributed by atoms with Crippen molar-refractivity contribution in [3.05, 3.63) is 88.7 Å². The Kier molecular flexibility index (Phi) is 5.31. The number of benzene rings is 2. The van der Waals surface area contributed by atoms with Gasteiger partial charge in [0.25, 0.3) is 11.8 Å². The maximum absolute atomic E-state index is 12.6. The van der Waals surface area contributed by atoms with E-state index in [1.807, 2.05) is 63.2 Å². The SMILES string of the molecule is Cc1cccc(NC(=O)c2cccc(C(=O)Nc3cccc(C)c3C)n2)c1. The number of nitrogens with one attached hydrogen (secondary N) is 2. The van der Waals surface area contributed by atoms with Gasteiger partial charge in [-0.25, -0.2) is 4.98 Å². The molecular weight excluding hydrogens is 338 g/mol. The number of carbonyl (C=O) groups excluding carboxylic acids is 2. The van der Waals surface area contributed by atoms with E-state index in [9.17, 15) is 9.59 Å².